The molecule has 2 heterocycles. The molecule has 0 fully saturated rings. The largest absolute Gasteiger partial charge is 0.346 e. The van der Waals surface area contributed by atoms with Crippen molar-refractivity contribution in [2.45, 2.75) is 4.83 Å². The third kappa shape index (κ3) is 1.12. The average Bonchev–Trinajstić information content (AvgIpc) is 2.46. The summed E-state index contributed by atoms with van der Waals surface area (Å²) in [7, 11) is 0. The summed E-state index contributed by atoms with van der Waals surface area (Å²) < 4.78 is 0. The summed E-state index contributed by atoms with van der Waals surface area (Å²) >= 11 is 3.43. The minimum atomic E-state index is 0.250. The number of alkyl halides is 1. The molecule has 1 aromatic heterocycles. The molecule has 0 bridgehead atoms. The number of H-pyrrole nitrogens is 1. The van der Waals surface area contributed by atoms with Crippen LogP contribution in [-0.4, -0.2) is 22.6 Å². The van der Waals surface area contributed by atoms with Gasteiger partial charge in [0.2, 0.25) is 0 Å². The van der Waals surface area contributed by atoms with Crippen LogP contribution in [0.2, 0.25) is 0 Å². The average molecular weight is 227 g/mol. The van der Waals surface area contributed by atoms with Crippen molar-refractivity contribution in [1.29, 1.82) is 0 Å². The van der Waals surface area contributed by atoms with E-state index in [2.05, 4.69) is 25.9 Å². The Bertz CT molecular complexity index is 421. The first-order chi connectivity index (χ1) is 5.81. The fraction of sp³-hybridized carbons (Fsp3) is 0.250. The number of halogens is 1. The van der Waals surface area contributed by atoms with Gasteiger partial charge >= 0.3 is 0 Å². The van der Waals surface area contributed by atoms with Crippen LogP contribution in [-0.2, 0) is 0 Å². The number of aromatic nitrogens is 1. The van der Waals surface area contributed by atoms with Gasteiger partial charge in [-0.15, -0.1) is 0 Å². The fourth-order valence-corrected chi connectivity index (χ4v) is 1.66. The molecule has 0 saturated heterocycles. The molecule has 0 radical (unpaired) electrons. The van der Waals surface area contributed by atoms with Crippen LogP contribution in [0.1, 0.15) is 10.4 Å². The zero-order chi connectivity index (χ0) is 8.55. The molecule has 0 aliphatic carbocycles. The van der Waals surface area contributed by atoms with Crippen LogP contribution in [0.5, 0.6) is 0 Å². The second-order valence-corrected chi connectivity index (χ2v) is 3.82. The molecule has 1 aromatic rings. The van der Waals surface area contributed by atoms with Crippen LogP contribution >= 0.6 is 15.9 Å². The SMILES string of the molecule is O=Cc1c[nH]c2c1=CC(Br)CN=2. The lowest BCUT2D eigenvalue weighted by atomic mass is 10.2. The highest BCUT2D eigenvalue weighted by Gasteiger charge is 2.07. The van der Waals surface area contributed by atoms with E-state index >= 15 is 0 Å². The normalized spacial score (nSPS) is 20.6. The van der Waals surface area contributed by atoms with Gasteiger partial charge in [0.1, 0.15) is 5.49 Å². The highest BCUT2D eigenvalue weighted by Crippen LogP contribution is 2.02. The standard InChI is InChI=1S/C8H7BrN2O/c9-6-1-7-5(4-12)2-10-8(7)11-3-6/h1-2,4,6H,3H2,(H,10,11). The van der Waals surface area contributed by atoms with Crippen molar-refractivity contribution in [3.05, 3.63) is 22.5 Å². The Balaban J connectivity index is 2.76. The molecule has 0 amide bonds. The molecule has 0 aromatic carbocycles. The smallest absolute Gasteiger partial charge is 0.152 e. The van der Waals surface area contributed by atoms with Gasteiger partial charge in [-0.2, -0.15) is 0 Å². The molecule has 1 atom stereocenters. The Morgan fingerprint density at radius 2 is 2.58 bits per heavy atom. The van der Waals surface area contributed by atoms with Crippen molar-refractivity contribution in [1.82, 2.24) is 4.98 Å². The van der Waals surface area contributed by atoms with E-state index in [-0.39, 0.29) is 4.83 Å². The molecule has 12 heavy (non-hydrogen) atoms. The summed E-state index contributed by atoms with van der Waals surface area (Å²) in [5, 5.41) is 0.915. The van der Waals surface area contributed by atoms with E-state index in [0.717, 1.165) is 23.5 Å². The van der Waals surface area contributed by atoms with E-state index in [1.165, 1.54) is 0 Å². The second kappa shape index (κ2) is 2.86. The molecule has 62 valence electrons. The third-order valence-electron chi connectivity index (χ3n) is 1.83. The molecule has 0 saturated carbocycles. The van der Waals surface area contributed by atoms with Crippen LogP contribution in [0.25, 0.3) is 6.08 Å². The van der Waals surface area contributed by atoms with Gasteiger partial charge in [-0.25, -0.2) is 0 Å². The van der Waals surface area contributed by atoms with Gasteiger partial charge < -0.3 is 4.98 Å². The molecule has 2 rings (SSSR count). The second-order valence-electron chi connectivity index (χ2n) is 2.65. The number of hydrogen-bond donors (Lipinski definition) is 1. The maximum atomic E-state index is 10.5. The quantitative estimate of drug-likeness (QED) is 0.532. The van der Waals surface area contributed by atoms with E-state index in [9.17, 15) is 4.79 Å². The van der Waals surface area contributed by atoms with E-state index in [1.807, 2.05) is 6.08 Å². The third-order valence-corrected chi connectivity index (χ3v) is 2.38. The maximum Gasteiger partial charge on any atom is 0.152 e. The summed E-state index contributed by atoms with van der Waals surface area (Å²) in [6.45, 7) is 0.728. The van der Waals surface area contributed by atoms with Crippen LogP contribution in [0, 0.1) is 0 Å². The number of rotatable bonds is 1. The molecule has 1 N–H and O–H groups in total. The number of fused-ring (bicyclic) bond motifs is 1. The summed E-state index contributed by atoms with van der Waals surface area (Å²) in [5.41, 5.74) is 1.49. The highest BCUT2D eigenvalue weighted by atomic mass is 79.9. The van der Waals surface area contributed by atoms with Crippen LogP contribution < -0.4 is 10.7 Å². The minimum absolute atomic E-state index is 0.250. The number of aromatic amines is 1. The Kier molecular flexibility index (Phi) is 1.84. The highest BCUT2D eigenvalue weighted by molar-refractivity contribution is 9.09. The molecule has 1 unspecified atom stereocenters. The van der Waals surface area contributed by atoms with Gasteiger partial charge in [0.25, 0.3) is 0 Å². The van der Waals surface area contributed by atoms with Crippen molar-refractivity contribution in [2.24, 2.45) is 4.99 Å². The van der Waals surface area contributed by atoms with Gasteiger partial charge in [-0.1, -0.05) is 22.0 Å². The zero-order valence-corrected chi connectivity index (χ0v) is 7.84. The molecular weight excluding hydrogens is 220 g/mol. The van der Waals surface area contributed by atoms with E-state index in [0.29, 0.717) is 5.56 Å². The maximum absolute atomic E-state index is 10.5. The van der Waals surface area contributed by atoms with E-state index in [4.69, 9.17) is 0 Å². The van der Waals surface area contributed by atoms with Gasteiger partial charge in [0, 0.05) is 17.0 Å². The van der Waals surface area contributed by atoms with Crippen molar-refractivity contribution in [3.63, 3.8) is 0 Å². The predicted octanol–water partition coefficient (Wildman–Crippen LogP) is 0.00440. The van der Waals surface area contributed by atoms with Crippen LogP contribution in [0.4, 0.5) is 0 Å². The van der Waals surface area contributed by atoms with Crippen LogP contribution in [0.3, 0.4) is 0 Å². The summed E-state index contributed by atoms with van der Waals surface area (Å²) in [5.74, 6) is 0. The van der Waals surface area contributed by atoms with Gasteiger partial charge in [-0.3, -0.25) is 9.79 Å². The molecule has 0 spiro atoms. The van der Waals surface area contributed by atoms with Gasteiger partial charge in [-0.05, 0) is 0 Å². The van der Waals surface area contributed by atoms with Gasteiger partial charge in [0.05, 0.1) is 11.4 Å². The van der Waals surface area contributed by atoms with Crippen molar-refractivity contribution < 1.29 is 4.79 Å². The topological polar surface area (TPSA) is 45.2 Å². The first-order valence-corrected chi connectivity index (χ1v) is 4.56. The number of nitrogens with zero attached hydrogens (tertiary/aromatic N) is 1. The Morgan fingerprint density at radius 3 is 3.33 bits per heavy atom. The van der Waals surface area contributed by atoms with Crippen LogP contribution in [0.15, 0.2) is 11.2 Å². The van der Waals surface area contributed by atoms with Gasteiger partial charge in [0.15, 0.2) is 6.29 Å². The lowest BCUT2D eigenvalue weighted by molar-refractivity contribution is 0.112. The Hall–Kier alpha value is -0.900. The minimum Gasteiger partial charge on any atom is -0.346 e. The molecule has 4 heteroatoms. The number of nitrogens with one attached hydrogen (secondary N) is 1. The summed E-state index contributed by atoms with van der Waals surface area (Å²) in [6.07, 6.45) is 4.53. The van der Waals surface area contributed by atoms with Crippen molar-refractivity contribution in [3.8, 4) is 0 Å². The zero-order valence-electron chi connectivity index (χ0n) is 6.25. The molecule has 3 nitrogen and oxygen atoms in total. The molecular formula is C8H7BrN2O. The Morgan fingerprint density at radius 1 is 1.75 bits per heavy atom. The Labute approximate surface area is 77.3 Å². The number of carbonyl (C=O) groups excluding carboxylic acids is 1. The summed E-state index contributed by atoms with van der Waals surface area (Å²) in [6, 6.07) is 0. The number of carbonyl (C=O) groups is 1. The lowest BCUT2D eigenvalue weighted by Gasteiger charge is -2.01. The number of hydrogen-bond acceptors (Lipinski definition) is 2. The first-order valence-electron chi connectivity index (χ1n) is 3.64. The fourth-order valence-electron chi connectivity index (χ4n) is 1.25. The van der Waals surface area contributed by atoms with Crippen molar-refractivity contribution in [2.75, 3.05) is 6.54 Å². The first kappa shape index (κ1) is 7.73. The number of aldehydes is 1. The lowest BCUT2D eigenvalue weighted by Crippen LogP contribution is -2.31. The molecule has 1 aliphatic rings. The van der Waals surface area contributed by atoms with E-state index < -0.39 is 0 Å². The van der Waals surface area contributed by atoms with E-state index in [1.54, 1.807) is 6.20 Å². The monoisotopic (exact) mass is 226 g/mol. The molecule has 1 aliphatic heterocycles. The predicted molar refractivity (Wildman–Crippen MR) is 49.0 cm³/mol. The van der Waals surface area contributed by atoms with Crippen molar-refractivity contribution >= 4 is 28.3 Å². The summed E-state index contributed by atoms with van der Waals surface area (Å²) in [4.78, 5) is 18.0.